The number of thiocarbonyl (C=S) groups is 1. The van der Waals surface area contributed by atoms with Crippen molar-refractivity contribution in [3.8, 4) is 17.2 Å². The van der Waals surface area contributed by atoms with Crippen molar-refractivity contribution in [2.75, 3.05) is 19.8 Å². The summed E-state index contributed by atoms with van der Waals surface area (Å²) in [7, 11) is 0. The molecule has 0 radical (unpaired) electrons. The molecule has 4 rings (SSSR count). The lowest BCUT2D eigenvalue weighted by atomic mass is 9.95. The number of nitrogens with zero attached hydrogens (tertiary/aromatic N) is 1. The van der Waals surface area contributed by atoms with Gasteiger partial charge in [0.15, 0.2) is 23.2 Å². The summed E-state index contributed by atoms with van der Waals surface area (Å²) in [5, 5.41) is 10.5. The Kier molecular flexibility index (Phi) is 11.7. The topological polar surface area (TPSA) is 120 Å². The molecule has 0 saturated heterocycles. The van der Waals surface area contributed by atoms with E-state index in [1.807, 2.05) is 43.3 Å². The molecule has 230 valence electrons. The average Bonchev–Trinajstić information content (AvgIpc) is 3.01. The van der Waals surface area contributed by atoms with Gasteiger partial charge in [-0.25, -0.2) is 10.2 Å². The standard InChI is InChI=1S/C32H33BrN4O6S/c1-4-40-26-15-22(24(33)16-27(26)42-18-21-11-7-6-8-12-21)17-34-37-28(38)19-43-25-14-10-9-13-23(25)30-29(31(39)41-5-2)20(3)35-32(44)36-30/h6-17,30H,4-5,18-19H2,1-3H3,(H,37,38)(H2,35,36,44)/t30-/m1/s1. The zero-order valence-electron chi connectivity index (χ0n) is 24.5. The van der Waals surface area contributed by atoms with E-state index in [2.05, 4.69) is 37.1 Å². The highest BCUT2D eigenvalue weighted by Crippen LogP contribution is 2.35. The van der Waals surface area contributed by atoms with E-state index >= 15 is 0 Å². The lowest BCUT2D eigenvalue weighted by Gasteiger charge is -2.30. The van der Waals surface area contributed by atoms with Crippen molar-refractivity contribution in [1.29, 1.82) is 0 Å². The maximum atomic E-state index is 12.8. The van der Waals surface area contributed by atoms with Gasteiger partial charge in [0.25, 0.3) is 5.91 Å². The number of esters is 1. The molecule has 3 aromatic carbocycles. The largest absolute Gasteiger partial charge is 0.490 e. The van der Waals surface area contributed by atoms with Crippen LogP contribution < -0.4 is 30.3 Å². The minimum absolute atomic E-state index is 0.224. The van der Waals surface area contributed by atoms with Gasteiger partial charge in [-0.15, -0.1) is 0 Å². The molecule has 0 unspecified atom stereocenters. The van der Waals surface area contributed by atoms with E-state index in [9.17, 15) is 9.59 Å². The highest BCUT2D eigenvalue weighted by molar-refractivity contribution is 9.10. The van der Waals surface area contributed by atoms with Gasteiger partial charge in [-0.2, -0.15) is 5.10 Å². The molecular weight excluding hydrogens is 648 g/mol. The van der Waals surface area contributed by atoms with Gasteiger partial charge in [-0.3, -0.25) is 4.79 Å². The molecule has 1 aliphatic rings. The Labute approximate surface area is 269 Å². The minimum Gasteiger partial charge on any atom is -0.490 e. The number of hydrazone groups is 1. The summed E-state index contributed by atoms with van der Waals surface area (Å²) in [5.41, 5.74) is 5.76. The van der Waals surface area contributed by atoms with Gasteiger partial charge >= 0.3 is 5.97 Å². The number of nitrogens with one attached hydrogen (secondary N) is 3. The smallest absolute Gasteiger partial charge is 0.338 e. The maximum Gasteiger partial charge on any atom is 0.338 e. The lowest BCUT2D eigenvalue weighted by Crippen LogP contribution is -2.45. The molecule has 1 atom stereocenters. The second-order valence-corrected chi connectivity index (χ2v) is 10.7. The molecule has 44 heavy (non-hydrogen) atoms. The Morgan fingerprint density at radius 3 is 2.45 bits per heavy atom. The molecule has 3 aromatic rings. The Bertz CT molecular complexity index is 1560. The number of benzene rings is 3. The minimum atomic E-state index is -0.628. The van der Waals surface area contributed by atoms with E-state index in [-0.39, 0.29) is 13.2 Å². The number of para-hydroxylation sites is 1. The van der Waals surface area contributed by atoms with Crippen LogP contribution in [0.4, 0.5) is 0 Å². The number of allylic oxidation sites excluding steroid dienone is 1. The van der Waals surface area contributed by atoms with Crippen LogP contribution >= 0.6 is 28.1 Å². The Hall–Kier alpha value is -4.42. The third-order valence-electron chi connectivity index (χ3n) is 6.35. The second-order valence-electron chi connectivity index (χ2n) is 9.44. The van der Waals surface area contributed by atoms with Gasteiger partial charge in [0.2, 0.25) is 0 Å². The monoisotopic (exact) mass is 680 g/mol. The molecule has 0 spiro atoms. The van der Waals surface area contributed by atoms with Crippen molar-refractivity contribution >= 4 is 51.4 Å². The SMILES string of the molecule is CCOC(=O)C1=C(C)NC(=S)N[C@@H]1c1ccccc1OCC(=O)NN=Cc1cc(OCC)c(OCc2ccccc2)cc1Br. The van der Waals surface area contributed by atoms with E-state index in [1.54, 1.807) is 44.2 Å². The molecule has 1 amide bonds. The zero-order valence-corrected chi connectivity index (χ0v) is 26.9. The van der Waals surface area contributed by atoms with Crippen LogP contribution in [0.2, 0.25) is 0 Å². The highest BCUT2D eigenvalue weighted by Gasteiger charge is 2.32. The number of ether oxygens (including phenoxy) is 4. The van der Waals surface area contributed by atoms with E-state index in [0.717, 1.165) is 5.56 Å². The van der Waals surface area contributed by atoms with Gasteiger partial charge in [-0.05, 0) is 72.7 Å². The first-order valence-electron chi connectivity index (χ1n) is 13.9. The average molecular weight is 682 g/mol. The molecule has 3 N–H and O–H groups in total. The number of rotatable bonds is 13. The van der Waals surface area contributed by atoms with Crippen LogP contribution in [0.1, 0.15) is 43.5 Å². The van der Waals surface area contributed by atoms with Crippen molar-refractivity contribution < 1.29 is 28.5 Å². The third kappa shape index (κ3) is 8.57. The summed E-state index contributed by atoms with van der Waals surface area (Å²) >= 11 is 8.87. The Morgan fingerprint density at radius 1 is 0.977 bits per heavy atom. The molecule has 0 saturated carbocycles. The molecule has 1 aliphatic heterocycles. The predicted molar refractivity (Wildman–Crippen MR) is 175 cm³/mol. The second kappa shape index (κ2) is 15.9. The molecule has 0 bridgehead atoms. The fraction of sp³-hybridized carbons (Fsp3) is 0.250. The predicted octanol–water partition coefficient (Wildman–Crippen LogP) is 5.31. The quantitative estimate of drug-likeness (QED) is 0.0955. The number of carbonyl (C=O) groups is 2. The first-order chi connectivity index (χ1) is 21.3. The molecular formula is C32H33BrN4O6S. The number of amides is 1. The molecule has 0 aromatic heterocycles. The summed E-state index contributed by atoms with van der Waals surface area (Å²) in [4.78, 5) is 25.4. The summed E-state index contributed by atoms with van der Waals surface area (Å²) in [6.45, 7) is 6.12. The van der Waals surface area contributed by atoms with Crippen LogP contribution in [0.3, 0.4) is 0 Å². The van der Waals surface area contributed by atoms with Crippen LogP contribution in [0, 0.1) is 0 Å². The maximum absolute atomic E-state index is 12.8. The summed E-state index contributed by atoms with van der Waals surface area (Å²) in [5.74, 6) is 0.575. The first kappa shape index (κ1) is 32.5. The summed E-state index contributed by atoms with van der Waals surface area (Å²) in [6.07, 6.45) is 1.50. The summed E-state index contributed by atoms with van der Waals surface area (Å²) < 4.78 is 23.6. The number of hydrogen-bond donors (Lipinski definition) is 3. The van der Waals surface area contributed by atoms with Crippen LogP contribution in [0.25, 0.3) is 0 Å². The molecule has 10 nitrogen and oxygen atoms in total. The van der Waals surface area contributed by atoms with E-state index < -0.39 is 17.9 Å². The van der Waals surface area contributed by atoms with Crippen molar-refractivity contribution in [2.45, 2.75) is 33.4 Å². The third-order valence-corrected chi connectivity index (χ3v) is 7.25. The molecule has 1 heterocycles. The molecule has 0 aliphatic carbocycles. The van der Waals surface area contributed by atoms with Gasteiger partial charge < -0.3 is 29.6 Å². The fourth-order valence-corrected chi connectivity index (χ4v) is 5.07. The van der Waals surface area contributed by atoms with Crippen molar-refractivity contribution in [3.05, 3.63) is 99.2 Å². The van der Waals surface area contributed by atoms with Crippen molar-refractivity contribution in [3.63, 3.8) is 0 Å². The highest BCUT2D eigenvalue weighted by atomic mass is 79.9. The number of carbonyl (C=O) groups excluding carboxylic acids is 2. The van der Waals surface area contributed by atoms with Crippen molar-refractivity contribution in [1.82, 2.24) is 16.1 Å². The van der Waals surface area contributed by atoms with Gasteiger partial charge in [-0.1, -0.05) is 48.5 Å². The van der Waals surface area contributed by atoms with Gasteiger partial charge in [0.1, 0.15) is 12.4 Å². The van der Waals surface area contributed by atoms with Crippen LogP contribution in [0.15, 0.2) is 87.6 Å². The summed E-state index contributed by atoms with van der Waals surface area (Å²) in [6, 6.07) is 19.9. The Morgan fingerprint density at radius 2 is 1.70 bits per heavy atom. The Balaban J connectivity index is 1.41. The van der Waals surface area contributed by atoms with E-state index in [4.69, 9.17) is 31.2 Å². The fourth-order valence-electron chi connectivity index (χ4n) is 4.37. The van der Waals surface area contributed by atoms with Crippen LogP contribution in [-0.4, -0.2) is 43.0 Å². The first-order valence-corrected chi connectivity index (χ1v) is 15.1. The number of hydrogen-bond acceptors (Lipinski definition) is 8. The van der Waals surface area contributed by atoms with E-state index in [0.29, 0.717) is 62.4 Å². The molecule has 12 heteroatoms. The van der Waals surface area contributed by atoms with Gasteiger partial charge in [0, 0.05) is 21.3 Å². The number of halogens is 1. The normalized spacial score (nSPS) is 14.5. The van der Waals surface area contributed by atoms with Crippen LogP contribution in [0.5, 0.6) is 17.2 Å². The van der Waals surface area contributed by atoms with Gasteiger partial charge in [0.05, 0.1) is 31.0 Å². The van der Waals surface area contributed by atoms with Crippen molar-refractivity contribution in [2.24, 2.45) is 5.10 Å². The molecule has 0 fully saturated rings. The lowest BCUT2D eigenvalue weighted by molar-refractivity contribution is -0.139. The van der Waals surface area contributed by atoms with E-state index in [1.165, 1.54) is 6.21 Å². The van der Waals surface area contributed by atoms with Crippen LogP contribution in [-0.2, 0) is 20.9 Å². The zero-order chi connectivity index (χ0) is 31.5.